The molecule has 2 atom stereocenters. The highest BCUT2D eigenvalue weighted by atomic mass is 16.5. The summed E-state index contributed by atoms with van der Waals surface area (Å²) in [6.07, 6.45) is 1.80. The van der Waals surface area contributed by atoms with Gasteiger partial charge in [0, 0.05) is 13.7 Å². The van der Waals surface area contributed by atoms with E-state index in [4.69, 9.17) is 4.74 Å². The van der Waals surface area contributed by atoms with Crippen LogP contribution in [0.15, 0.2) is 30.3 Å². The Bertz CT molecular complexity index is 408. The fourth-order valence-electron chi connectivity index (χ4n) is 2.54. The molecule has 1 amide bonds. The summed E-state index contributed by atoms with van der Waals surface area (Å²) in [7, 11) is 1.66. The van der Waals surface area contributed by atoms with Gasteiger partial charge in [0.2, 0.25) is 5.91 Å². The van der Waals surface area contributed by atoms with Gasteiger partial charge < -0.3 is 9.64 Å². The normalized spacial score (nSPS) is 23.1. The third-order valence-electron chi connectivity index (χ3n) is 3.56. The van der Waals surface area contributed by atoms with Crippen LogP contribution in [0.4, 0.5) is 0 Å². The minimum atomic E-state index is -0.107. The van der Waals surface area contributed by atoms with E-state index in [-0.39, 0.29) is 18.1 Å². The predicted molar refractivity (Wildman–Crippen MR) is 74.7 cm³/mol. The second-order valence-corrected chi connectivity index (χ2v) is 4.86. The molecule has 2 unspecified atom stereocenters. The highest BCUT2D eigenvalue weighted by molar-refractivity contribution is 5.84. The molecule has 0 radical (unpaired) electrons. The molecule has 4 nitrogen and oxygen atoms in total. The number of methoxy groups -OCH3 is 1. The quantitative estimate of drug-likeness (QED) is 0.843. The Balaban J connectivity index is 2.01. The van der Waals surface area contributed by atoms with Crippen molar-refractivity contribution in [3.05, 3.63) is 35.9 Å². The van der Waals surface area contributed by atoms with Gasteiger partial charge in [0.1, 0.15) is 0 Å². The molecule has 1 aliphatic rings. The average Bonchev–Trinajstić information content (AvgIpc) is 2.74. The number of carbonyl (C=O) groups is 1. The number of hydrogen-bond donors (Lipinski definition) is 1. The monoisotopic (exact) mass is 262 g/mol. The fourth-order valence-corrected chi connectivity index (χ4v) is 2.54. The van der Waals surface area contributed by atoms with Crippen LogP contribution in [-0.4, -0.2) is 43.3 Å². The summed E-state index contributed by atoms with van der Waals surface area (Å²) < 4.78 is 5.08. The van der Waals surface area contributed by atoms with Crippen molar-refractivity contribution in [1.29, 1.82) is 0 Å². The van der Waals surface area contributed by atoms with Crippen LogP contribution in [-0.2, 0) is 16.0 Å². The van der Waals surface area contributed by atoms with E-state index in [1.165, 1.54) is 5.56 Å². The number of nitrogens with zero attached hydrogens (tertiary/aromatic N) is 1. The standard InChI is InChI=1S/C15H22N2O2/c1-3-14-16-13(11-12-7-5-4-6-8-12)15(18)17(14)9-10-19-2/h4-8,13-14,16H,3,9-11H2,1-2H3. The molecular formula is C15H22N2O2. The zero-order chi connectivity index (χ0) is 13.7. The Labute approximate surface area is 114 Å². The molecule has 1 aromatic carbocycles. The Hall–Kier alpha value is -1.39. The van der Waals surface area contributed by atoms with Gasteiger partial charge in [0.25, 0.3) is 0 Å². The van der Waals surface area contributed by atoms with Crippen LogP contribution in [0.2, 0.25) is 0 Å². The highest BCUT2D eigenvalue weighted by Crippen LogP contribution is 2.16. The van der Waals surface area contributed by atoms with Gasteiger partial charge in [-0.15, -0.1) is 0 Å². The average molecular weight is 262 g/mol. The summed E-state index contributed by atoms with van der Waals surface area (Å²) in [6, 6.07) is 10.0. The topological polar surface area (TPSA) is 41.6 Å². The maximum Gasteiger partial charge on any atom is 0.241 e. The predicted octanol–water partition coefficient (Wildman–Crippen LogP) is 1.41. The lowest BCUT2D eigenvalue weighted by molar-refractivity contribution is -0.130. The van der Waals surface area contributed by atoms with Crippen LogP contribution in [0.5, 0.6) is 0 Å². The number of hydrogen-bond acceptors (Lipinski definition) is 3. The summed E-state index contributed by atoms with van der Waals surface area (Å²) in [5.41, 5.74) is 1.19. The largest absolute Gasteiger partial charge is 0.383 e. The van der Waals surface area contributed by atoms with Crippen LogP contribution in [0.3, 0.4) is 0 Å². The van der Waals surface area contributed by atoms with E-state index < -0.39 is 0 Å². The van der Waals surface area contributed by atoms with Crippen molar-refractivity contribution in [2.45, 2.75) is 32.0 Å². The van der Waals surface area contributed by atoms with Crippen LogP contribution < -0.4 is 5.32 Å². The van der Waals surface area contributed by atoms with Crippen LogP contribution in [0.1, 0.15) is 18.9 Å². The summed E-state index contributed by atoms with van der Waals surface area (Å²) in [5, 5.41) is 3.42. The van der Waals surface area contributed by atoms with Crippen LogP contribution >= 0.6 is 0 Å². The molecule has 1 heterocycles. The van der Waals surface area contributed by atoms with E-state index in [1.807, 2.05) is 23.1 Å². The second kappa shape index (κ2) is 6.68. The number of carbonyl (C=O) groups excluding carboxylic acids is 1. The van der Waals surface area contributed by atoms with E-state index in [0.717, 1.165) is 12.8 Å². The molecule has 1 saturated heterocycles. The SMILES string of the molecule is CCC1NC(Cc2ccccc2)C(=O)N1CCOC. The molecule has 0 bridgehead atoms. The van der Waals surface area contributed by atoms with Gasteiger partial charge >= 0.3 is 0 Å². The Morgan fingerprint density at radius 1 is 1.32 bits per heavy atom. The van der Waals surface area contributed by atoms with E-state index in [2.05, 4.69) is 24.4 Å². The zero-order valence-corrected chi connectivity index (χ0v) is 11.6. The second-order valence-electron chi connectivity index (χ2n) is 4.86. The minimum Gasteiger partial charge on any atom is -0.383 e. The molecule has 4 heteroatoms. The first-order valence-corrected chi connectivity index (χ1v) is 6.85. The molecule has 0 aliphatic carbocycles. The summed E-state index contributed by atoms with van der Waals surface area (Å²) >= 11 is 0. The molecule has 1 fully saturated rings. The van der Waals surface area contributed by atoms with E-state index in [9.17, 15) is 4.79 Å². The van der Waals surface area contributed by atoms with Gasteiger partial charge in [0.05, 0.1) is 18.8 Å². The van der Waals surface area contributed by atoms with Gasteiger partial charge in [-0.1, -0.05) is 37.3 Å². The lowest BCUT2D eigenvalue weighted by Crippen LogP contribution is -2.38. The summed E-state index contributed by atoms with van der Waals surface area (Å²) in [4.78, 5) is 14.3. The first-order chi connectivity index (χ1) is 9.26. The van der Waals surface area contributed by atoms with Gasteiger partial charge in [-0.05, 0) is 18.4 Å². The number of benzene rings is 1. The molecule has 2 rings (SSSR count). The molecule has 1 N–H and O–H groups in total. The van der Waals surface area contributed by atoms with Gasteiger partial charge in [0.15, 0.2) is 0 Å². The van der Waals surface area contributed by atoms with Gasteiger partial charge in [-0.25, -0.2) is 0 Å². The van der Waals surface area contributed by atoms with Crippen molar-refractivity contribution >= 4 is 5.91 Å². The number of ether oxygens (including phenoxy) is 1. The number of amides is 1. The van der Waals surface area contributed by atoms with E-state index in [1.54, 1.807) is 7.11 Å². The molecule has 1 aliphatic heterocycles. The zero-order valence-electron chi connectivity index (χ0n) is 11.6. The van der Waals surface area contributed by atoms with Crippen molar-refractivity contribution in [2.24, 2.45) is 0 Å². The first kappa shape index (κ1) is 14.0. The molecule has 0 saturated carbocycles. The third-order valence-corrected chi connectivity index (χ3v) is 3.56. The molecule has 19 heavy (non-hydrogen) atoms. The molecular weight excluding hydrogens is 240 g/mol. The maximum atomic E-state index is 12.4. The van der Waals surface area contributed by atoms with Crippen LogP contribution in [0.25, 0.3) is 0 Å². The first-order valence-electron chi connectivity index (χ1n) is 6.85. The Morgan fingerprint density at radius 2 is 2.05 bits per heavy atom. The smallest absolute Gasteiger partial charge is 0.241 e. The van der Waals surface area contributed by atoms with E-state index in [0.29, 0.717) is 13.2 Å². The molecule has 104 valence electrons. The lowest BCUT2D eigenvalue weighted by Gasteiger charge is -2.22. The molecule has 0 spiro atoms. The fraction of sp³-hybridized carbons (Fsp3) is 0.533. The van der Waals surface area contributed by atoms with Crippen molar-refractivity contribution in [2.75, 3.05) is 20.3 Å². The Morgan fingerprint density at radius 3 is 2.68 bits per heavy atom. The third kappa shape index (κ3) is 3.33. The highest BCUT2D eigenvalue weighted by Gasteiger charge is 2.37. The molecule has 0 aromatic heterocycles. The number of rotatable bonds is 6. The summed E-state index contributed by atoms with van der Waals surface area (Å²) in [6.45, 7) is 3.34. The van der Waals surface area contributed by atoms with Crippen LogP contribution in [0, 0.1) is 0 Å². The van der Waals surface area contributed by atoms with Crippen molar-refractivity contribution in [1.82, 2.24) is 10.2 Å². The maximum absolute atomic E-state index is 12.4. The van der Waals surface area contributed by atoms with Gasteiger partial charge in [-0.3, -0.25) is 10.1 Å². The van der Waals surface area contributed by atoms with Gasteiger partial charge in [-0.2, -0.15) is 0 Å². The van der Waals surface area contributed by atoms with Crippen molar-refractivity contribution in [3.63, 3.8) is 0 Å². The molecule has 1 aromatic rings. The minimum absolute atomic E-state index is 0.107. The summed E-state index contributed by atoms with van der Waals surface area (Å²) in [5.74, 6) is 0.188. The van der Waals surface area contributed by atoms with Crippen molar-refractivity contribution in [3.8, 4) is 0 Å². The Kier molecular flexibility index (Phi) is 4.93. The van der Waals surface area contributed by atoms with E-state index >= 15 is 0 Å². The lowest BCUT2D eigenvalue weighted by atomic mass is 10.1. The number of nitrogens with one attached hydrogen (secondary N) is 1. The van der Waals surface area contributed by atoms with Crippen molar-refractivity contribution < 1.29 is 9.53 Å².